The van der Waals surface area contributed by atoms with Crippen molar-refractivity contribution in [3.8, 4) is 0 Å². The molecule has 0 bridgehead atoms. The van der Waals surface area contributed by atoms with Crippen molar-refractivity contribution in [3.05, 3.63) is 88.6 Å². The molecule has 0 atom stereocenters. The molecule has 5 nitrogen and oxygen atoms in total. The maximum Gasteiger partial charge on any atom is 0.262 e. The van der Waals surface area contributed by atoms with Gasteiger partial charge in [0.15, 0.2) is 0 Å². The highest BCUT2D eigenvalue weighted by molar-refractivity contribution is 6.31. The molecule has 1 amide bonds. The van der Waals surface area contributed by atoms with E-state index >= 15 is 0 Å². The third-order valence-corrected chi connectivity index (χ3v) is 6.74. The summed E-state index contributed by atoms with van der Waals surface area (Å²) in [5.74, 6) is 0.651. The predicted octanol–water partition coefficient (Wildman–Crippen LogP) is 4.43. The van der Waals surface area contributed by atoms with Crippen LogP contribution in [0.2, 0.25) is 5.02 Å². The summed E-state index contributed by atoms with van der Waals surface area (Å²) in [6.07, 6.45) is 3.63. The Hall–Kier alpha value is -2.89. The Labute approximate surface area is 186 Å². The number of rotatable bonds is 3. The fourth-order valence-electron chi connectivity index (χ4n) is 4.71. The van der Waals surface area contributed by atoms with Crippen LogP contribution in [0.3, 0.4) is 0 Å². The van der Waals surface area contributed by atoms with E-state index in [0.717, 1.165) is 17.7 Å². The summed E-state index contributed by atoms with van der Waals surface area (Å²) in [4.78, 5) is 22.0. The summed E-state index contributed by atoms with van der Waals surface area (Å²) in [6.45, 7) is 1.87. The lowest BCUT2D eigenvalue weighted by molar-refractivity contribution is 0.0117. The lowest BCUT2D eigenvalue weighted by Crippen LogP contribution is -2.44. The average Bonchev–Trinajstić information content (AvgIpc) is 3.24. The molecular weight excluding hydrogens is 410 g/mol. The molecule has 0 spiro atoms. The SMILES string of the molecule is O=C(c1cccnc1N1CCC(O)(c2ccccc2Cl)CC1)N1CCc2ccccc21. The van der Waals surface area contributed by atoms with Crippen molar-refractivity contribution in [2.24, 2.45) is 0 Å². The molecule has 3 heterocycles. The summed E-state index contributed by atoms with van der Waals surface area (Å²) in [5, 5.41) is 11.8. The summed E-state index contributed by atoms with van der Waals surface area (Å²) >= 11 is 6.35. The van der Waals surface area contributed by atoms with E-state index in [2.05, 4.69) is 16.0 Å². The molecule has 1 N–H and O–H groups in total. The second-order valence-electron chi connectivity index (χ2n) is 8.21. The minimum atomic E-state index is -0.971. The topological polar surface area (TPSA) is 56.7 Å². The van der Waals surface area contributed by atoms with Gasteiger partial charge in [0.2, 0.25) is 0 Å². The van der Waals surface area contributed by atoms with E-state index in [9.17, 15) is 9.90 Å². The van der Waals surface area contributed by atoms with E-state index in [4.69, 9.17) is 11.6 Å². The Balaban J connectivity index is 1.39. The molecule has 0 aliphatic carbocycles. The zero-order valence-corrected chi connectivity index (χ0v) is 17.9. The van der Waals surface area contributed by atoms with Crippen molar-refractivity contribution in [2.45, 2.75) is 24.9 Å². The molecule has 2 aliphatic heterocycles. The monoisotopic (exact) mass is 433 g/mol. The molecule has 0 saturated carbocycles. The van der Waals surface area contributed by atoms with Crippen molar-refractivity contribution in [1.82, 2.24) is 4.98 Å². The van der Waals surface area contributed by atoms with Gasteiger partial charge in [0.05, 0.1) is 11.2 Å². The first-order chi connectivity index (χ1) is 15.1. The Kier molecular flexibility index (Phi) is 5.16. The highest BCUT2D eigenvalue weighted by atomic mass is 35.5. The number of benzene rings is 2. The van der Waals surface area contributed by atoms with Crippen LogP contribution in [0.15, 0.2) is 66.9 Å². The maximum atomic E-state index is 13.5. The molecule has 2 aliphatic rings. The molecule has 1 aromatic heterocycles. The zero-order chi connectivity index (χ0) is 21.4. The quantitative estimate of drug-likeness (QED) is 0.664. The summed E-state index contributed by atoms with van der Waals surface area (Å²) in [6, 6.07) is 19.2. The largest absolute Gasteiger partial charge is 0.385 e. The fourth-order valence-corrected chi connectivity index (χ4v) is 5.02. The van der Waals surface area contributed by atoms with Crippen LogP contribution in [-0.2, 0) is 12.0 Å². The number of carbonyl (C=O) groups excluding carboxylic acids is 1. The third-order valence-electron chi connectivity index (χ3n) is 6.41. The van der Waals surface area contributed by atoms with Gasteiger partial charge in [0, 0.05) is 42.1 Å². The number of halogens is 1. The summed E-state index contributed by atoms with van der Waals surface area (Å²) < 4.78 is 0. The van der Waals surface area contributed by atoms with Crippen LogP contribution < -0.4 is 9.80 Å². The molecule has 6 heteroatoms. The number of fused-ring (bicyclic) bond motifs is 1. The van der Waals surface area contributed by atoms with E-state index in [1.807, 2.05) is 59.5 Å². The Morgan fingerprint density at radius 1 is 0.968 bits per heavy atom. The van der Waals surface area contributed by atoms with Gasteiger partial charge in [0.25, 0.3) is 5.91 Å². The minimum Gasteiger partial charge on any atom is -0.385 e. The van der Waals surface area contributed by atoms with Gasteiger partial charge in [-0.3, -0.25) is 4.79 Å². The van der Waals surface area contributed by atoms with E-state index in [-0.39, 0.29) is 5.91 Å². The number of aromatic nitrogens is 1. The molecule has 3 aromatic rings. The number of piperidine rings is 1. The van der Waals surface area contributed by atoms with Gasteiger partial charge >= 0.3 is 0 Å². The van der Waals surface area contributed by atoms with Gasteiger partial charge in [-0.2, -0.15) is 0 Å². The molecule has 1 saturated heterocycles. The smallest absolute Gasteiger partial charge is 0.262 e. The van der Waals surface area contributed by atoms with Gasteiger partial charge in [-0.25, -0.2) is 4.98 Å². The zero-order valence-electron chi connectivity index (χ0n) is 17.2. The van der Waals surface area contributed by atoms with Crippen LogP contribution >= 0.6 is 11.6 Å². The van der Waals surface area contributed by atoms with Crippen LogP contribution in [-0.4, -0.2) is 35.6 Å². The lowest BCUT2D eigenvalue weighted by atomic mass is 9.84. The van der Waals surface area contributed by atoms with Crippen LogP contribution in [0.4, 0.5) is 11.5 Å². The standard InChI is InChI=1S/C25H24ClN3O2/c26-21-9-3-2-8-20(21)25(31)12-16-28(17-13-25)23-19(7-5-14-27-23)24(30)29-15-11-18-6-1-4-10-22(18)29/h1-10,14,31H,11-13,15-17H2. The molecular formula is C25H24ClN3O2. The number of carbonyl (C=O) groups is 1. The number of amides is 1. The maximum absolute atomic E-state index is 13.5. The Morgan fingerprint density at radius 3 is 2.52 bits per heavy atom. The van der Waals surface area contributed by atoms with Gasteiger partial charge in [-0.15, -0.1) is 0 Å². The second kappa shape index (κ2) is 7.98. The number of anilines is 2. The van der Waals surface area contributed by atoms with Crippen molar-refractivity contribution in [2.75, 3.05) is 29.4 Å². The first kappa shape index (κ1) is 20.0. The van der Waals surface area contributed by atoms with Gasteiger partial charge < -0.3 is 14.9 Å². The molecule has 0 unspecified atom stereocenters. The Bertz CT molecular complexity index is 1130. The van der Waals surface area contributed by atoms with Gasteiger partial charge in [-0.1, -0.05) is 48.0 Å². The van der Waals surface area contributed by atoms with Crippen molar-refractivity contribution in [1.29, 1.82) is 0 Å². The lowest BCUT2D eigenvalue weighted by Gasteiger charge is -2.40. The fraction of sp³-hybridized carbons (Fsp3) is 0.280. The van der Waals surface area contributed by atoms with E-state index in [1.165, 1.54) is 5.56 Å². The highest BCUT2D eigenvalue weighted by Crippen LogP contribution is 2.38. The molecule has 31 heavy (non-hydrogen) atoms. The minimum absolute atomic E-state index is 0.0278. The number of para-hydroxylation sites is 1. The van der Waals surface area contributed by atoms with Crippen LogP contribution in [0.1, 0.15) is 34.3 Å². The predicted molar refractivity (Wildman–Crippen MR) is 123 cm³/mol. The average molecular weight is 434 g/mol. The first-order valence-corrected chi connectivity index (χ1v) is 11.0. The van der Waals surface area contributed by atoms with Crippen molar-refractivity contribution in [3.63, 3.8) is 0 Å². The van der Waals surface area contributed by atoms with Crippen LogP contribution in [0, 0.1) is 0 Å². The molecule has 5 rings (SSSR count). The number of aliphatic hydroxyl groups is 1. The third kappa shape index (κ3) is 3.58. The van der Waals surface area contributed by atoms with Crippen molar-refractivity contribution < 1.29 is 9.90 Å². The van der Waals surface area contributed by atoms with E-state index < -0.39 is 5.60 Å². The number of hydrogen-bond donors (Lipinski definition) is 1. The van der Waals surface area contributed by atoms with Crippen molar-refractivity contribution >= 4 is 29.0 Å². The first-order valence-electron chi connectivity index (χ1n) is 10.6. The van der Waals surface area contributed by atoms with E-state index in [1.54, 1.807) is 6.20 Å². The number of hydrogen-bond acceptors (Lipinski definition) is 4. The summed E-state index contributed by atoms with van der Waals surface area (Å²) in [5.41, 5.74) is 2.57. The molecule has 0 radical (unpaired) electrons. The normalized spacial score (nSPS) is 17.5. The second-order valence-corrected chi connectivity index (χ2v) is 8.62. The van der Waals surface area contributed by atoms with Crippen LogP contribution in [0.5, 0.6) is 0 Å². The van der Waals surface area contributed by atoms with Gasteiger partial charge in [-0.05, 0) is 49.1 Å². The molecule has 158 valence electrons. The molecule has 2 aromatic carbocycles. The Morgan fingerprint density at radius 2 is 1.71 bits per heavy atom. The number of pyridine rings is 1. The van der Waals surface area contributed by atoms with Crippen LogP contribution in [0.25, 0.3) is 0 Å². The van der Waals surface area contributed by atoms with Gasteiger partial charge in [0.1, 0.15) is 5.82 Å². The summed E-state index contributed by atoms with van der Waals surface area (Å²) in [7, 11) is 0. The highest BCUT2D eigenvalue weighted by Gasteiger charge is 2.37. The van der Waals surface area contributed by atoms with E-state index in [0.29, 0.717) is 48.9 Å². The number of nitrogens with zero attached hydrogens (tertiary/aromatic N) is 3. The molecule has 1 fully saturated rings.